The molecule has 0 N–H and O–H groups in total. The smallest absolute Gasteiger partial charge is 0.231 e. The van der Waals surface area contributed by atoms with E-state index in [2.05, 4.69) is 60.9 Å². The number of hydrogen-bond acceptors (Lipinski definition) is 5. The number of methoxy groups -OCH3 is 1. The Hall–Kier alpha value is -2.04. The molecule has 22 heavy (non-hydrogen) atoms. The number of aromatic nitrogens is 4. The van der Waals surface area contributed by atoms with Gasteiger partial charge in [-0.3, -0.25) is 4.98 Å². The van der Waals surface area contributed by atoms with Crippen LogP contribution in [0.1, 0.15) is 51.7 Å². The molecule has 0 atom stereocenters. The Morgan fingerprint density at radius 2 is 1.64 bits per heavy atom. The Balaban J connectivity index is 2.17. The van der Waals surface area contributed by atoms with Crippen molar-refractivity contribution in [2.75, 3.05) is 7.11 Å². The van der Waals surface area contributed by atoms with Gasteiger partial charge in [0.1, 0.15) is 0 Å². The standard InChI is InChI=1S/C17H24N4O/c1-16(2,3)13-8-7-12(20-21-13)9-17(4,5)14-10-19-15(22-6)11-18-14/h7-8,10-11H,9H2,1-6H3. The van der Waals surface area contributed by atoms with Crippen molar-refractivity contribution in [1.29, 1.82) is 0 Å². The fraction of sp³-hybridized carbons (Fsp3) is 0.529. The minimum Gasteiger partial charge on any atom is -0.480 e. The molecule has 2 heterocycles. The summed E-state index contributed by atoms with van der Waals surface area (Å²) in [6.07, 6.45) is 4.16. The van der Waals surface area contributed by atoms with Gasteiger partial charge in [-0.2, -0.15) is 10.2 Å². The number of nitrogens with zero attached hydrogens (tertiary/aromatic N) is 4. The second-order valence-corrected chi connectivity index (χ2v) is 7.16. The third-order valence-electron chi connectivity index (χ3n) is 3.64. The van der Waals surface area contributed by atoms with E-state index in [9.17, 15) is 0 Å². The highest BCUT2D eigenvalue weighted by atomic mass is 16.5. The van der Waals surface area contributed by atoms with Crippen molar-refractivity contribution >= 4 is 0 Å². The molecule has 0 saturated carbocycles. The number of ether oxygens (including phenoxy) is 1. The lowest BCUT2D eigenvalue weighted by molar-refractivity contribution is 0.392. The molecule has 5 nitrogen and oxygen atoms in total. The number of rotatable bonds is 4. The zero-order valence-electron chi connectivity index (χ0n) is 14.2. The highest BCUT2D eigenvalue weighted by molar-refractivity contribution is 5.20. The molecule has 0 aliphatic carbocycles. The van der Waals surface area contributed by atoms with E-state index in [1.807, 2.05) is 6.07 Å². The van der Waals surface area contributed by atoms with Gasteiger partial charge in [-0.15, -0.1) is 0 Å². The van der Waals surface area contributed by atoms with Gasteiger partial charge in [0.25, 0.3) is 0 Å². The first kappa shape index (κ1) is 16.3. The summed E-state index contributed by atoms with van der Waals surface area (Å²) >= 11 is 0. The van der Waals surface area contributed by atoms with Crippen LogP contribution in [0.4, 0.5) is 0 Å². The normalized spacial score (nSPS) is 12.3. The van der Waals surface area contributed by atoms with Gasteiger partial charge < -0.3 is 4.74 Å². The first-order valence-corrected chi connectivity index (χ1v) is 7.42. The number of hydrogen-bond donors (Lipinski definition) is 0. The van der Waals surface area contributed by atoms with E-state index >= 15 is 0 Å². The second-order valence-electron chi connectivity index (χ2n) is 7.16. The third kappa shape index (κ3) is 3.78. The Labute approximate surface area is 132 Å². The Morgan fingerprint density at radius 3 is 2.09 bits per heavy atom. The molecule has 0 aromatic carbocycles. The zero-order chi connectivity index (χ0) is 16.4. The summed E-state index contributed by atoms with van der Waals surface area (Å²) in [6, 6.07) is 4.10. The van der Waals surface area contributed by atoms with Gasteiger partial charge in [0, 0.05) is 17.3 Å². The molecular formula is C17H24N4O. The molecule has 0 amide bonds. The fourth-order valence-electron chi connectivity index (χ4n) is 2.17. The fourth-order valence-corrected chi connectivity index (χ4v) is 2.17. The van der Waals surface area contributed by atoms with Crippen LogP contribution in [0.5, 0.6) is 5.88 Å². The second kappa shape index (κ2) is 5.99. The predicted octanol–water partition coefficient (Wildman–Crippen LogP) is 3.09. The van der Waals surface area contributed by atoms with E-state index in [4.69, 9.17) is 4.74 Å². The van der Waals surface area contributed by atoms with Crippen molar-refractivity contribution in [3.05, 3.63) is 41.6 Å². The van der Waals surface area contributed by atoms with Crippen molar-refractivity contribution in [3.8, 4) is 5.88 Å². The lowest BCUT2D eigenvalue weighted by Gasteiger charge is -2.23. The molecule has 118 valence electrons. The molecule has 0 radical (unpaired) electrons. The summed E-state index contributed by atoms with van der Waals surface area (Å²) in [4.78, 5) is 8.67. The van der Waals surface area contributed by atoms with Crippen LogP contribution in [0.3, 0.4) is 0 Å². The van der Waals surface area contributed by atoms with Crippen LogP contribution in [-0.2, 0) is 17.3 Å². The van der Waals surface area contributed by atoms with Gasteiger partial charge in [0.15, 0.2) is 0 Å². The molecule has 2 aromatic rings. The van der Waals surface area contributed by atoms with E-state index < -0.39 is 0 Å². The SMILES string of the molecule is COc1cnc(C(C)(C)Cc2ccc(C(C)(C)C)nn2)cn1. The van der Waals surface area contributed by atoms with Gasteiger partial charge in [0.2, 0.25) is 5.88 Å². The van der Waals surface area contributed by atoms with Crippen LogP contribution in [0, 0.1) is 0 Å². The molecule has 0 fully saturated rings. The average Bonchev–Trinajstić information content (AvgIpc) is 2.46. The van der Waals surface area contributed by atoms with Crippen molar-refractivity contribution in [3.63, 3.8) is 0 Å². The van der Waals surface area contributed by atoms with E-state index in [0.29, 0.717) is 5.88 Å². The summed E-state index contributed by atoms with van der Waals surface area (Å²) < 4.78 is 5.05. The highest BCUT2D eigenvalue weighted by Gasteiger charge is 2.25. The van der Waals surface area contributed by atoms with Gasteiger partial charge in [-0.05, 0) is 12.1 Å². The Kier molecular flexibility index (Phi) is 4.44. The molecule has 0 aliphatic heterocycles. The lowest BCUT2D eigenvalue weighted by Crippen LogP contribution is -2.23. The van der Waals surface area contributed by atoms with Crippen LogP contribution >= 0.6 is 0 Å². The van der Waals surface area contributed by atoms with E-state index in [-0.39, 0.29) is 10.8 Å². The molecule has 2 rings (SSSR count). The summed E-state index contributed by atoms with van der Waals surface area (Å²) in [5.74, 6) is 0.522. The molecular weight excluding hydrogens is 276 g/mol. The first-order valence-electron chi connectivity index (χ1n) is 7.42. The van der Waals surface area contributed by atoms with Gasteiger partial charge in [0.05, 0.1) is 36.6 Å². The maximum absolute atomic E-state index is 5.05. The maximum atomic E-state index is 5.05. The van der Waals surface area contributed by atoms with Crippen LogP contribution in [0.2, 0.25) is 0 Å². The minimum absolute atomic E-state index is 0.0164. The van der Waals surface area contributed by atoms with Crippen molar-refractivity contribution in [2.24, 2.45) is 0 Å². The molecule has 0 spiro atoms. The van der Waals surface area contributed by atoms with Gasteiger partial charge in [-0.1, -0.05) is 34.6 Å². The van der Waals surface area contributed by atoms with Crippen molar-refractivity contribution in [2.45, 2.75) is 51.9 Å². The average molecular weight is 300 g/mol. The molecule has 2 aromatic heterocycles. The predicted molar refractivity (Wildman–Crippen MR) is 86.0 cm³/mol. The summed E-state index contributed by atoms with van der Waals surface area (Å²) in [7, 11) is 1.58. The largest absolute Gasteiger partial charge is 0.480 e. The molecule has 0 bridgehead atoms. The van der Waals surface area contributed by atoms with Gasteiger partial charge in [-0.25, -0.2) is 4.98 Å². The van der Waals surface area contributed by atoms with Crippen LogP contribution in [0.15, 0.2) is 24.5 Å². The topological polar surface area (TPSA) is 60.8 Å². The van der Waals surface area contributed by atoms with Crippen molar-refractivity contribution in [1.82, 2.24) is 20.2 Å². The molecule has 0 aliphatic rings. The quantitative estimate of drug-likeness (QED) is 0.868. The van der Waals surface area contributed by atoms with E-state index in [1.54, 1.807) is 19.5 Å². The van der Waals surface area contributed by atoms with E-state index in [0.717, 1.165) is 23.5 Å². The zero-order valence-corrected chi connectivity index (χ0v) is 14.2. The van der Waals surface area contributed by atoms with Gasteiger partial charge >= 0.3 is 0 Å². The van der Waals surface area contributed by atoms with Crippen molar-refractivity contribution < 1.29 is 4.74 Å². The Morgan fingerprint density at radius 1 is 0.909 bits per heavy atom. The van der Waals surface area contributed by atoms with E-state index in [1.165, 1.54) is 0 Å². The molecule has 0 unspecified atom stereocenters. The minimum atomic E-state index is -0.169. The molecule has 0 saturated heterocycles. The maximum Gasteiger partial charge on any atom is 0.231 e. The monoisotopic (exact) mass is 300 g/mol. The summed E-state index contributed by atoms with van der Waals surface area (Å²) in [6.45, 7) is 10.7. The summed E-state index contributed by atoms with van der Waals surface area (Å²) in [5, 5.41) is 8.72. The van der Waals surface area contributed by atoms with Crippen LogP contribution in [-0.4, -0.2) is 27.3 Å². The molecule has 5 heteroatoms. The van der Waals surface area contributed by atoms with Crippen LogP contribution < -0.4 is 4.74 Å². The lowest BCUT2D eigenvalue weighted by atomic mass is 9.84. The first-order chi connectivity index (χ1) is 10.2. The van der Waals surface area contributed by atoms with Crippen LogP contribution in [0.25, 0.3) is 0 Å². The third-order valence-corrected chi connectivity index (χ3v) is 3.64. The Bertz CT molecular complexity index is 613. The summed E-state index contributed by atoms with van der Waals surface area (Å²) in [5.41, 5.74) is 2.71. The highest BCUT2D eigenvalue weighted by Crippen LogP contribution is 2.26.